The van der Waals surface area contributed by atoms with Crippen LogP contribution in [0.4, 0.5) is 0 Å². The quantitative estimate of drug-likeness (QED) is 0.485. The summed E-state index contributed by atoms with van der Waals surface area (Å²) in [5, 5.41) is 0. The van der Waals surface area contributed by atoms with Crippen LogP contribution in [-0.4, -0.2) is 13.7 Å². The van der Waals surface area contributed by atoms with Crippen molar-refractivity contribution in [2.45, 2.75) is 0 Å². The molecule has 0 unspecified atom stereocenters. The normalized spacial score (nSPS) is 18.1. The lowest BCUT2D eigenvalue weighted by atomic mass is 10.6. The first kappa shape index (κ1) is 4.46. The van der Waals surface area contributed by atoms with Gasteiger partial charge in [0, 0.05) is 0 Å². The van der Waals surface area contributed by atoms with Gasteiger partial charge in [-0.1, -0.05) is 0 Å². The van der Waals surface area contributed by atoms with E-state index in [1.54, 1.807) is 13.3 Å². The third kappa shape index (κ3) is 0.838. The average Bonchev–Trinajstić information content (AvgIpc) is 2.14. The van der Waals surface area contributed by atoms with E-state index in [4.69, 9.17) is 4.74 Å². The Bertz CT molecular complexity index is 89.7. The van der Waals surface area contributed by atoms with Crippen LogP contribution >= 0.6 is 0 Å². The molecule has 3 heteroatoms. The molecular weight excluding hydrogens is 92.1 g/mol. The largest absolute Gasteiger partial charge is 0.498 e. The third-order valence-corrected chi connectivity index (χ3v) is 0.814. The first-order valence-electron chi connectivity index (χ1n) is 2.08. The molecule has 39 valence electrons. The fourth-order valence-electron chi connectivity index (χ4n) is 0.410. The molecule has 0 atom stereocenters. The van der Waals surface area contributed by atoms with E-state index in [2.05, 4.69) is 10.9 Å². The maximum Gasteiger partial charge on any atom is 0.130 e. The van der Waals surface area contributed by atoms with Crippen molar-refractivity contribution in [2.24, 2.45) is 0 Å². The molecule has 7 heavy (non-hydrogen) atoms. The Morgan fingerprint density at radius 2 is 2.86 bits per heavy atom. The third-order valence-electron chi connectivity index (χ3n) is 0.814. The standard InChI is InChI=1S/C4H7N2O/c1-7-4-2-5-6-3-4/h2,5H,3H2,1H3. The van der Waals surface area contributed by atoms with Gasteiger partial charge in [0.2, 0.25) is 0 Å². The zero-order valence-electron chi connectivity index (χ0n) is 4.14. The van der Waals surface area contributed by atoms with Crippen LogP contribution in [0.2, 0.25) is 0 Å². The minimum Gasteiger partial charge on any atom is -0.498 e. The molecule has 0 aromatic heterocycles. The second-order valence-corrected chi connectivity index (χ2v) is 1.26. The number of nitrogens with one attached hydrogen (secondary N) is 1. The van der Waals surface area contributed by atoms with E-state index in [9.17, 15) is 0 Å². The van der Waals surface area contributed by atoms with Crippen molar-refractivity contribution < 1.29 is 4.74 Å². The van der Waals surface area contributed by atoms with Gasteiger partial charge in [0.15, 0.2) is 0 Å². The Morgan fingerprint density at radius 3 is 3.14 bits per heavy atom. The van der Waals surface area contributed by atoms with E-state index in [0.29, 0.717) is 6.54 Å². The van der Waals surface area contributed by atoms with Gasteiger partial charge in [0.1, 0.15) is 5.76 Å². The Balaban J connectivity index is 2.36. The van der Waals surface area contributed by atoms with Crippen molar-refractivity contribution in [2.75, 3.05) is 13.7 Å². The van der Waals surface area contributed by atoms with Gasteiger partial charge in [-0.25, -0.2) is 0 Å². The number of nitrogens with zero attached hydrogens (tertiary/aromatic N) is 1. The number of ether oxygens (including phenoxy) is 1. The van der Waals surface area contributed by atoms with Crippen LogP contribution in [0.1, 0.15) is 0 Å². The Labute approximate surface area is 42.3 Å². The van der Waals surface area contributed by atoms with Crippen molar-refractivity contribution in [1.82, 2.24) is 10.9 Å². The molecule has 1 rings (SSSR count). The van der Waals surface area contributed by atoms with Crippen LogP contribution in [0.3, 0.4) is 0 Å². The minimum atomic E-state index is 0.663. The monoisotopic (exact) mass is 99.1 g/mol. The smallest absolute Gasteiger partial charge is 0.130 e. The highest BCUT2D eigenvalue weighted by atomic mass is 16.5. The van der Waals surface area contributed by atoms with Crippen molar-refractivity contribution in [1.29, 1.82) is 0 Å². The number of methoxy groups -OCH3 is 1. The van der Waals surface area contributed by atoms with Crippen molar-refractivity contribution in [3.8, 4) is 0 Å². The highest BCUT2D eigenvalue weighted by Crippen LogP contribution is 1.93. The Kier molecular flexibility index (Phi) is 1.17. The molecule has 0 fully saturated rings. The summed E-state index contributed by atoms with van der Waals surface area (Å²) in [6, 6.07) is 0. The zero-order chi connectivity index (χ0) is 5.11. The topological polar surface area (TPSA) is 35.4 Å². The fraction of sp³-hybridized carbons (Fsp3) is 0.500. The molecule has 1 N–H and O–H groups in total. The lowest BCUT2D eigenvalue weighted by Crippen LogP contribution is -2.11. The molecule has 0 aliphatic carbocycles. The van der Waals surface area contributed by atoms with Gasteiger partial charge >= 0.3 is 0 Å². The van der Waals surface area contributed by atoms with Gasteiger partial charge in [-0.05, 0) is 0 Å². The van der Waals surface area contributed by atoms with Gasteiger partial charge in [-0.15, -0.1) is 5.43 Å². The molecule has 1 radical (unpaired) electrons. The van der Waals surface area contributed by atoms with Gasteiger partial charge in [0.05, 0.1) is 19.9 Å². The van der Waals surface area contributed by atoms with E-state index in [1.807, 2.05) is 0 Å². The summed E-state index contributed by atoms with van der Waals surface area (Å²) in [5.74, 6) is 0.889. The summed E-state index contributed by atoms with van der Waals surface area (Å²) in [4.78, 5) is 0. The second kappa shape index (κ2) is 1.84. The maximum absolute atomic E-state index is 4.82. The van der Waals surface area contributed by atoms with Crippen molar-refractivity contribution >= 4 is 0 Å². The van der Waals surface area contributed by atoms with Crippen LogP contribution in [-0.2, 0) is 4.74 Å². The molecule has 0 saturated carbocycles. The number of hydrogen-bond acceptors (Lipinski definition) is 2. The molecule has 0 amide bonds. The summed E-state index contributed by atoms with van der Waals surface area (Å²) in [6.45, 7) is 0.663. The summed E-state index contributed by atoms with van der Waals surface area (Å²) in [6.07, 6.45) is 1.74. The second-order valence-electron chi connectivity index (χ2n) is 1.26. The van der Waals surface area contributed by atoms with Crippen molar-refractivity contribution in [3.05, 3.63) is 12.0 Å². The first-order chi connectivity index (χ1) is 3.43. The van der Waals surface area contributed by atoms with E-state index >= 15 is 0 Å². The van der Waals surface area contributed by atoms with Gasteiger partial charge in [0.25, 0.3) is 0 Å². The van der Waals surface area contributed by atoms with Crippen LogP contribution in [0.5, 0.6) is 0 Å². The minimum absolute atomic E-state index is 0.663. The van der Waals surface area contributed by atoms with Crippen LogP contribution < -0.4 is 10.9 Å². The molecule has 3 nitrogen and oxygen atoms in total. The predicted octanol–water partition coefficient (Wildman–Crippen LogP) is -0.403. The number of rotatable bonds is 1. The summed E-state index contributed by atoms with van der Waals surface area (Å²) >= 11 is 0. The summed E-state index contributed by atoms with van der Waals surface area (Å²) < 4.78 is 4.82. The average molecular weight is 99.1 g/mol. The number of hydrogen-bond donors (Lipinski definition) is 1. The van der Waals surface area contributed by atoms with Gasteiger partial charge < -0.3 is 10.2 Å². The molecule has 0 aromatic carbocycles. The first-order valence-corrected chi connectivity index (χ1v) is 2.08. The fourth-order valence-corrected chi connectivity index (χ4v) is 0.410. The molecule has 0 aromatic rings. The highest BCUT2D eigenvalue weighted by molar-refractivity contribution is 4.97. The lowest BCUT2D eigenvalue weighted by Gasteiger charge is -1.91. The van der Waals surface area contributed by atoms with Crippen LogP contribution in [0, 0.1) is 0 Å². The van der Waals surface area contributed by atoms with E-state index in [-0.39, 0.29) is 0 Å². The molecule has 0 bridgehead atoms. The SMILES string of the molecule is COC1=CN[N]C1. The van der Waals surface area contributed by atoms with Gasteiger partial charge in [-0.3, -0.25) is 0 Å². The van der Waals surface area contributed by atoms with E-state index < -0.39 is 0 Å². The molecular formula is C4H7N2O. The van der Waals surface area contributed by atoms with E-state index in [0.717, 1.165) is 5.76 Å². The molecule has 1 aliphatic rings. The Hall–Kier alpha value is -0.700. The Morgan fingerprint density at radius 1 is 2.00 bits per heavy atom. The lowest BCUT2D eigenvalue weighted by molar-refractivity contribution is 0.287. The molecule has 0 saturated heterocycles. The summed E-state index contributed by atoms with van der Waals surface area (Å²) in [5.41, 5.74) is 6.43. The highest BCUT2D eigenvalue weighted by Gasteiger charge is 2.00. The molecule has 0 spiro atoms. The molecule has 1 aliphatic heterocycles. The predicted molar refractivity (Wildman–Crippen MR) is 25.2 cm³/mol. The summed E-state index contributed by atoms with van der Waals surface area (Å²) in [7, 11) is 1.63. The zero-order valence-corrected chi connectivity index (χ0v) is 4.14. The molecule has 1 heterocycles. The van der Waals surface area contributed by atoms with Gasteiger partial charge in [-0.2, -0.15) is 0 Å². The van der Waals surface area contributed by atoms with Crippen LogP contribution in [0.15, 0.2) is 12.0 Å². The van der Waals surface area contributed by atoms with Crippen molar-refractivity contribution in [3.63, 3.8) is 0 Å². The maximum atomic E-state index is 4.82. The van der Waals surface area contributed by atoms with E-state index in [1.165, 1.54) is 0 Å². The van der Waals surface area contributed by atoms with Crippen LogP contribution in [0.25, 0.3) is 0 Å².